The van der Waals surface area contributed by atoms with Crippen molar-refractivity contribution in [3.05, 3.63) is 18.0 Å². The highest BCUT2D eigenvalue weighted by molar-refractivity contribution is 4.94. The van der Waals surface area contributed by atoms with E-state index in [1.165, 1.54) is 0 Å². The molecule has 0 bridgehead atoms. The normalized spacial score (nSPS) is 10.4. The van der Waals surface area contributed by atoms with Gasteiger partial charge in [0.2, 0.25) is 0 Å². The minimum Gasteiger partial charge on any atom is -0.305 e. The molecule has 0 radical (unpaired) electrons. The summed E-state index contributed by atoms with van der Waals surface area (Å²) in [7, 11) is 0. The van der Waals surface area contributed by atoms with Crippen LogP contribution in [0.4, 0.5) is 0 Å². The van der Waals surface area contributed by atoms with E-state index in [0.29, 0.717) is 6.61 Å². The maximum atomic E-state index is 4.87. The highest BCUT2D eigenvalue weighted by Crippen LogP contribution is 1.93. The summed E-state index contributed by atoms with van der Waals surface area (Å²) >= 11 is 0. The molecule has 0 atom stereocenters. The molecule has 0 saturated carbocycles. The number of aryl methyl sites for hydroxylation is 2. The molecule has 1 aromatic rings. The molecule has 0 saturated heterocycles. The van der Waals surface area contributed by atoms with Gasteiger partial charge in [0.1, 0.15) is 0 Å². The highest BCUT2D eigenvalue weighted by atomic mass is 16.6. The Morgan fingerprint density at radius 3 is 3.09 bits per heavy atom. The van der Waals surface area contributed by atoms with Gasteiger partial charge in [-0.15, -0.1) is 0 Å². The maximum absolute atomic E-state index is 4.87. The van der Waals surface area contributed by atoms with E-state index in [4.69, 9.17) is 5.90 Å². The molecule has 11 heavy (non-hydrogen) atoms. The van der Waals surface area contributed by atoms with Gasteiger partial charge in [-0.05, 0) is 19.4 Å². The second-order valence-electron chi connectivity index (χ2n) is 2.44. The molecule has 0 aliphatic carbocycles. The van der Waals surface area contributed by atoms with E-state index in [-0.39, 0.29) is 0 Å². The summed E-state index contributed by atoms with van der Waals surface area (Å²) in [5.74, 6) is 4.87. The predicted octanol–water partition coefficient (Wildman–Crippen LogP) is 0.472. The number of nitrogens with two attached hydrogens (primary N) is 1. The zero-order chi connectivity index (χ0) is 8.10. The molecule has 62 valence electrons. The van der Waals surface area contributed by atoms with E-state index in [2.05, 4.69) is 9.94 Å². The van der Waals surface area contributed by atoms with E-state index in [1.54, 1.807) is 0 Å². The minimum atomic E-state index is 0.582. The molecule has 0 unspecified atom stereocenters. The van der Waals surface area contributed by atoms with Crippen LogP contribution in [0.15, 0.2) is 12.3 Å². The molecule has 0 spiro atoms. The van der Waals surface area contributed by atoms with Gasteiger partial charge in [0.15, 0.2) is 0 Å². The van der Waals surface area contributed by atoms with Crippen LogP contribution in [0.1, 0.15) is 12.1 Å². The van der Waals surface area contributed by atoms with Crippen molar-refractivity contribution in [3.63, 3.8) is 0 Å². The topological polar surface area (TPSA) is 53.1 Å². The molecule has 4 heteroatoms. The molecule has 0 fully saturated rings. The fourth-order valence-corrected chi connectivity index (χ4v) is 0.898. The standard InChI is InChI=1S/C7H13N3O/c1-7-3-5-10(9-7)4-2-6-11-8/h3,5H,2,4,6,8H2,1H3. The molecule has 1 rings (SSSR count). The first kappa shape index (κ1) is 8.23. The molecular weight excluding hydrogens is 142 g/mol. The number of rotatable bonds is 4. The number of aromatic nitrogens is 2. The van der Waals surface area contributed by atoms with Crippen LogP contribution >= 0.6 is 0 Å². The van der Waals surface area contributed by atoms with Crippen LogP contribution in [0.5, 0.6) is 0 Å². The zero-order valence-corrected chi connectivity index (χ0v) is 6.66. The molecule has 0 aliphatic rings. The van der Waals surface area contributed by atoms with Crippen LogP contribution in [0.3, 0.4) is 0 Å². The molecule has 4 nitrogen and oxygen atoms in total. The zero-order valence-electron chi connectivity index (χ0n) is 6.66. The van der Waals surface area contributed by atoms with Crippen LogP contribution in [0, 0.1) is 6.92 Å². The lowest BCUT2D eigenvalue weighted by molar-refractivity contribution is 0.131. The Morgan fingerprint density at radius 2 is 2.55 bits per heavy atom. The third kappa shape index (κ3) is 2.69. The van der Waals surface area contributed by atoms with E-state index in [1.807, 2.05) is 23.9 Å². The average Bonchev–Trinajstić information content (AvgIpc) is 2.37. The quantitative estimate of drug-likeness (QED) is 0.508. The van der Waals surface area contributed by atoms with Gasteiger partial charge in [0.05, 0.1) is 12.3 Å². The van der Waals surface area contributed by atoms with E-state index >= 15 is 0 Å². The van der Waals surface area contributed by atoms with Crippen LogP contribution in [0.2, 0.25) is 0 Å². The van der Waals surface area contributed by atoms with Crippen LogP contribution in [-0.2, 0) is 11.4 Å². The first-order chi connectivity index (χ1) is 5.33. The Kier molecular flexibility index (Phi) is 3.07. The Morgan fingerprint density at radius 1 is 1.73 bits per heavy atom. The number of nitrogens with zero attached hydrogens (tertiary/aromatic N) is 2. The van der Waals surface area contributed by atoms with Gasteiger partial charge in [-0.25, -0.2) is 5.90 Å². The first-order valence-electron chi connectivity index (χ1n) is 3.64. The molecule has 0 aliphatic heterocycles. The van der Waals surface area contributed by atoms with Gasteiger partial charge in [0, 0.05) is 12.7 Å². The van der Waals surface area contributed by atoms with Crippen molar-refractivity contribution in [2.24, 2.45) is 5.90 Å². The fourth-order valence-electron chi connectivity index (χ4n) is 0.898. The van der Waals surface area contributed by atoms with Gasteiger partial charge in [-0.2, -0.15) is 5.10 Å². The van der Waals surface area contributed by atoms with E-state index in [0.717, 1.165) is 18.7 Å². The molecule has 2 N–H and O–H groups in total. The summed E-state index contributed by atoms with van der Waals surface area (Å²) < 4.78 is 1.88. The van der Waals surface area contributed by atoms with E-state index < -0.39 is 0 Å². The van der Waals surface area contributed by atoms with Crippen molar-refractivity contribution in [2.75, 3.05) is 6.61 Å². The third-order valence-electron chi connectivity index (χ3n) is 1.42. The maximum Gasteiger partial charge on any atom is 0.0696 e. The van der Waals surface area contributed by atoms with Crippen molar-refractivity contribution in [1.82, 2.24) is 9.78 Å². The Labute approximate surface area is 65.9 Å². The lowest BCUT2D eigenvalue weighted by Crippen LogP contribution is -2.06. The lowest BCUT2D eigenvalue weighted by atomic mass is 10.4. The number of hydrogen-bond acceptors (Lipinski definition) is 3. The summed E-state index contributed by atoms with van der Waals surface area (Å²) in [5.41, 5.74) is 1.04. The minimum absolute atomic E-state index is 0.582. The van der Waals surface area contributed by atoms with Gasteiger partial charge >= 0.3 is 0 Å². The van der Waals surface area contributed by atoms with Crippen molar-refractivity contribution < 1.29 is 4.84 Å². The third-order valence-corrected chi connectivity index (χ3v) is 1.42. The first-order valence-corrected chi connectivity index (χ1v) is 3.64. The Balaban J connectivity index is 2.27. The second-order valence-corrected chi connectivity index (χ2v) is 2.44. The average molecular weight is 155 g/mol. The number of hydrogen-bond donors (Lipinski definition) is 1. The molecule has 1 heterocycles. The molecular formula is C7H13N3O. The van der Waals surface area contributed by atoms with Gasteiger partial charge in [-0.3, -0.25) is 4.68 Å². The monoisotopic (exact) mass is 155 g/mol. The molecule has 0 aromatic carbocycles. The second kappa shape index (κ2) is 4.10. The SMILES string of the molecule is Cc1ccn(CCCON)n1. The molecule has 1 aromatic heterocycles. The van der Waals surface area contributed by atoms with Gasteiger partial charge in [-0.1, -0.05) is 0 Å². The van der Waals surface area contributed by atoms with Crippen molar-refractivity contribution in [1.29, 1.82) is 0 Å². The fraction of sp³-hybridized carbons (Fsp3) is 0.571. The van der Waals surface area contributed by atoms with Crippen LogP contribution < -0.4 is 5.90 Å². The van der Waals surface area contributed by atoms with Crippen molar-refractivity contribution >= 4 is 0 Å². The van der Waals surface area contributed by atoms with E-state index in [9.17, 15) is 0 Å². The summed E-state index contributed by atoms with van der Waals surface area (Å²) in [6.07, 6.45) is 2.85. The van der Waals surface area contributed by atoms with Crippen LogP contribution in [0.25, 0.3) is 0 Å². The van der Waals surface area contributed by atoms with Gasteiger partial charge < -0.3 is 4.84 Å². The van der Waals surface area contributed by atoms with Crippen molar-refractivity contribution in [2.45, 2.75) is 19.9 Å². The van der Waals surface area contributed by atoms with Gasteiger partial charge in [0.25, 0.3) is 0 Å². The van der Waals surface area contributed by atoms with Crippen molar-refractivity contribution in [3.8, 4) is 0 Å². The largest absolute Gasteiger partial charge is 0.305 e. The predicted molar refractivity (Wildman–Crippen MR) is 41.7 cm³/mol. The summed E-state index contributed by atoms with van der Waals surface area (Å²) in [4.78, 5) is 4.43. The summed E-state index contributed by atoms with van der Waals surface area (Å²) in [6, 6.07) is 1.98. The Hall–Kier alpha value is -0.870. The summed E-state index contributed by atoms with van der Waals surface area (Å²) in [6.45, 7) is 3.42. The highest BCUT2D eigenvalue weighted by Gasteiger charge is 1.92. The lowest BCUT2D eigenvalue weighted by Gasteiger charge is -1.98. The smallest absolute Gasteiger partial charge is 0.0696 e. The Bertz CT molecular complexity index is 209. The summed E-state index contributed by atoms with van der Waals surface area (Å²) in [5, 5.41) is 4.20. The molecule has 0 amide bonds. The van der Waals surface area contributed by atoms with Crippen LogP contribution in [-0.4, -0.2) is 16.4 Å².